The number of nitrogens with one attached hydrogen (secondary N) is 1. The first-order valence-electron chi connectivity index (χ1n) is 4.78. The van der Waals surface area contributed by atoms with Crippen LogP contribution in [0.1, 0.15) is 32.6 Å². The van der Waals surface area contributed by atoms with E-state index in [0.717, 1.165) is 6.42 Å². The predicted octanol–water partition coefficient (Wildman–Crippen LogP) is -0.278. The van der Waals surface area contributed by atoms with Crippen LogP contribution in [0.2, 0.25) is 0 Å². The standard InChI is InChI=1S/C8H16N2O3S/c1-2-3-7(9)8(11)10-14(12,13)6-4-5-6/h6-7H,2-5,9H2,1H3,(H,10,11). The number of sulfonamides is 1. The van der Waals surface area contributed by atoms with Gasteiger partial charge in [0.15, 0.2) is 0 Å². The third-order valence-corrected chi connectivity index (χ3v) is 3.98. The molecule has 1 unspecified atom stereocenters. The van der Waals surface area contributed by atoms with E-state index >= 15 is 0 Å². The summed E-state index contributed by atoms with van der Waals surface area (Å²) in [4.78, 5) is 11.3. The molecule has 1 amide bonds. The van der Waals surface area contributed by atoms with Crippen LogP contribution < -0.4 is 10.5 Å². The van der Waals surface area contributed by atoms with Crippen molar-refractivity contribution >= 4 is 15.9 Å². The van der Waals surface area contributed by atoms with Gasteiger partial charge in [-0.2, -0.15) is 0 Å². The summed E-state index contributed by atoms with van der Waals surface area (Å²) < 4.78 is 24.7. The Morgan fingerprint density at radius 2 is 2.14 bits per heavy atom. The molecular formula is C8H16N2O3S. The minimum Gasteiger partial charge on any atom is -0.320 e. The van der Waals surface area contributed by atoms with Crippen molar-refractivity contribution in [3.05, 3.63) is 0 Å². The van der Waals surface area contributed by atoms with Gasteiger partial charge in [0.25, 0.3) is 0 Å². The van der Waals surface area contributed by atoms with E-state index in [1.807, 2.05) is 11.6 Å². The first-order chi connectivity index (χ1) is 6.47. The summed E-state index contributed by atoms with van der Waals surface area (Å²) in [7, 11) is -3.43. The Bertz CT molecular complexity index is 309. The number of hydrogen-bond donors (Lipinski definition) is 2. The highest BCUT2D eigenvalue weighted by molar-refractivity contribution is 7.90. The molecule has 82 valence electrons. The molecule has 1 rings (SSSR count). The maximum atomic E-state index is 11.3. The third kappa shape index (κ3) is 2.95. The molecule has 0 heterocycles. The molecule has 3 N–H and O–H groups in total. The molecule has 1 saturated carbocycles. The van der Waals surface area contributed by atoms with Crippen molar-refractivity contribution in [1.29, 1.82) is 0 Å². The highest BCUT2D eigenvalue weighted by Crippen LogP contribution is 2.27. The van der Waals surface area contributed by atoms with Crippen molar-refractivity contribution in [3.8, 4) is 0 Å². The summed E-state index contributed by atoms with van der Waals surface area (Å²) in [6.07, 6.45) is 2.56. The number of rotatable bonds is 5. The minimum atomic E-state index is -3.43. The van der Waals surface area contributed by atoms with Crippen molar-refractivity contribution in [2.75, 3.05) is 0 Å². The van der Waals surface area contributed by atoms with Crippen LogP contribution >= 0.6 is 0 Å². The fourth-order valence-electron chi connectivity index (χ4n) is 1.12. The first kappa shape index (κ1) is 11.5. The Balaban J connectivity index is 2.47. The fraction of sp³-hybridized carbons (Fsp3) is 0.875. The molecule has 5 nitrogen and oxygen atoms in total. The zero-order chi connectivity index (χ0) is 10.8. The van der Waals surface area contributed by atoms with Gasteiger partial charge in [0, 0.05) is 0 Å². The molecule has 1 aliphatic rings. The van der Waals surface area contributed by atoms with Crippen LogP contribution in [0.15, 0.2) is 0 Å². The largest absolute Gasteiger partial charge is 0.320 e. The van der Waals surface area contributed by atoms with E-state index in [2.05, 4.69) is 0 Å². The lowest BCUT2D eigenvalue weighted by Gasteiger charge is -2.10. The topological polar surface area (TPSA) is 89.3 Å². The van der Waals surface area contributed by atoms with Gasteiger partial charge < -0.3 is 5.73 Å². The van der Waals surface area contributed by atoms with Crippen molar-refractivity contribution in [2.24, 2.45) is 5.73 Å². The zero-order valence-corrected chi connectivity index (χ0v) is 9.01. The zero-order valence-electron chi connectivity index (χ0n) is 8.19. The second-order valence-corrected chi connectivity index (χ2v) is 5.57. The number of nitrogens with two attached hydrogens (primary N) is 1. The molecule has 1 fully saturated rings. The van der Waals surface area contributed by atoms with Gasteiger partial charge in [0.1, 0.15) is 0 Å². The Morgan fingerprint density at radius 3 is 2.57 bits per heavy atom. The van der Waals surface area contributed by atoms with Gasteiger partial charge in [-0.3, -0.25) is 9.52 Å². The highest BCUT2D eigenvalue weighted by Gasteiger charge is 2.37. The Hall–Kier alpha value is -0.620. The monoisotopic (exact) mass is 220 g/mol. The van der Waals surface area contributed by atoms with Crippen molar-refractivity contribution in [1.82, 2.24) is 4.72 Å². The second kappa shape index (κ2) is 4.27. The third-order valence-electron chi connectivity index (χ3n) is 2.14. The van der Waals surface area contributed by atoms with E-state index in [0.29, 0.717) is 19.3 Å². The molecule has 0 spiro atoms. The normalized spacial score (nSPS) is 19.0. The van der Waals surface area contributed by atoms with Gasteiger partial charge in [-0.05, 0) is 19.3 Å². The number of amides is 1. The first-order valence-corrected chi connectivity index (χ1v) is 6.33. The molecule has 0 radical (unpaired) electrons. The minimum absolute atomic E-state index is 0.375. The molecule has 1 atom stereocenters. The van der Waals surface area contributed by atoms with E-state index in [4.69, 9.17) is 5.73 Å². The molecule has 0 aliphatic heterocycles. The molecule has 0 aromatic rings. The van der Waals surface area contributed by atoms with E-state index < -0.39 is 22.0 Å². The number of hydrogen-bond acceptors (Lipinski definition) is 4. The Kier molecular flexibility index (Phi) is 3.49. The Morgan fingerprint density at radius 1 is 1.57 bits per heavy atom. The SMILES string of the molecule is CCCC(N)C(=O)NS(=O)(=O)C1CC1. The van der Waals surface area contributed by atoms with Crippen molar-refractivity contribution in [2.45, 2.75) is 43.9 Å². The molecule has 0 saturated heterocycles. The lowest BCUT2D eigenvalue weighted by atomic mass is 10.2. The summed E-state index contributed by atoms with van der Waals surface area (Å²) in [5.74, 6) is -0.584. The van der Waals surface area contributed by atoms with Crippen LogP contribution in [0.5, 0.6) is 0 Å². The fourth-order valence-corrected chi connectivity index (χ4v) is 2.47. The van der Waals surface area contributed by atoms with Crippen LogP contribution in [-0.4, -0.2) is 25.6 Å². The van der Waals surface area contributed by atoms with Gasteiger partial charge in [0.05, 0.1) is 11.3 Å². The quantitative estimate of drug-likeness (QED) is 0.667. The molecule has 14 heavy (non-hydrogen) atoms. The van der Waals surface area contributed by atoms with Gasteiger partial charge in [-0.25, -0.2) is 8.42 Å². The van der Waals surface area contributed by atoms with Gasteiger partial charge in [-0.15, -0.1) is 0 Å². The van der Waals surface area contributed by atoms with Crippen LogP contribution in [0.25, 0.3) is 0 Å². The van der Waals surface area contributed by atoms with E-state index in [-0.39, 0.29) is 5.25 Å². The maximum absolute atomic E-state index is 11.3. The highest BCUT2D eigenvalue weighted by atomic mass is 32.2. The lowest BCUT2D eigenvalue weighted by Crippen LogP contribution is -2.44. The van der Waals surface area contributed by atoms with E-state index in [9.17, 15) is 13.2 Å². The second-order valence-electron chi connectivity index (χ2n) is 3.61. The van der Waals surface area contributed by atoms with Crippen LogP contribution in [-0.2, 0) is 14.8 Å². The smallest absolute Gasteiger partial charge is 0.250 e. The van der Waals surface area contributed by atoms with E-state index in [1.54, 1.807) is 0 Å². The van der Waals surface area contributed by atoms with Crippen LogP contribution in [0, 0.1) is 0 Å². The number of carbonyl (C=O) groups excluding carboxylic acids is 1. The molecular weight excluding hydrogens is 204 g/mol. The average molecular weight is 220 g/mol. The van der Waals surface area contributed by atoms with Crippen LogP contribution in [0.3, 0.4) is 0 Å². The van der Waals surface area contributed by atoms with Gasteiger partial charge in [-0.1, -0.05) is 13.3 Å². The molecule has 0 aromatic heterocycles. The average Bonchev–Trinajstić information content (AvgIpc) is 2.85. The Labute approximate surface area is 84.1 Å². The van der Waals surface area contributed by atoms with Crippen LogP contribution in [0.4, 0.5) is 0 Å². The predicted molar refractivity (Wildman–Crippen MR) is 53.0 cm³/mol. The van der Waals surface area contributed by atoms with Gasteiger partial charge >= 0.3 is 0 Å². The summed E-state index contributed by atoms with van der Waals surface area (Å²) in [6.45, 7) is 1.89. The van der Waals surface area contributed by atoms with Gasteiger partial charge in [0.2, 0.25) is 15.9 Å². The van der Waals surface area contributed by atoms with Crippen molar-refractivity contribution < 1.29 is 13.2 Å². The summed E-state index contributed by atoms with van der Waals surface area (Å²) >= 11 is 0. The molecule has 1 aliphatic carbocycles. The molecule has 0 aromatic carbocycles. The molecule has 0 bridgehead atoms. The number of carbonyl (C=O) groups is 1. The molecule has 6 heteroatoms. The lowest BCUT2D eigenvalue weighted by molar-refractivity contribution is -0.120. The van der Waals surface area contributed by atoms with Crippen molar-refractivity contribution in [3.63, 3.8) is 0 Å². The van der Waals surface area contributed by atoms with E-state index in [1.165, 1.54) is 0 Å². The summed E-state index contributed by atoms with van der Waals surface area (Å²) in [5, 5.41) is -0.375. The summed E-state index contributed by atoms with van der Waals surface area (Å²) in [6, 6.07) is -0.714. The summed E-state index contributed by atoms with van der Waals surface area (Å²) in [5.41, 5.74) is 5.48. The maximum Gasteiger partial charge on any atom is 0.250 e.